The molecule has 0 aliphatic heterocycles. The highest BCUT2D eigenvalue weighted by molar-refractivity contribution is 5.89. The molecule has 21 heavy (non-hydrogen) atoms. The number of aliphatic hydroxyl groups is 1. The Morgan fingerprint density at radius 1 is 1.38 bits per heavy atom. The maximum Gasteiger partial charge on any atom is 0.338 e. The van der Waals surface area contributed by atoms with Crippen molar-refractivity contribution in [3.63, 3.8) is 0 Å². The summed E-state index contributed by atoms with van der Waals surface area (Å²) in [5.74, 6) is 0.0711. The number of aliphatic hydroxyl groups excluding tert-OH is 1. The minimum Gasteiger partial charge on any atom is -0.462 e. The van der Waals surface area contributed by atoms with Crippen LogP contribution in [0.1, 0.15) is 49.0 Å². The molecule has 0 bridgehead atoms. The fourth-order valence-electron chi connectivity index (χ4n) is 2.21. The van der Waals surface area contributed by atoms with Gasteiger partial charge in [-0.25, -0.2) is 4.79 Å². The zero-order chi connectivity index (χ0) is 15.7. The molecule has 0 heterocycles. The van der Waals surface area contributed by atoms with Crippen LogP contribution in [-0.4, -0.2) is 23.8 Å². The average molecular weight is 290 g/mol. The highest BCUT2D eigenvalue weighted by atomic mass is 16.5. The number of rotatable bonds is 9. The number of ether oxygens (including phenoxy) is 1. The van der Waals surface area contributed by atoms with Gasteiger partial charge in [-0.1, -0.05) is 25.1 Å². The Bertz CT molecular complexity index is 436. The quantitative estimate of drug-likeness (QED) is 0.556. The lowest BCUT2D eigenvalue weighted by Crippen LogP contribution is -2.10. The van der Waals surface area contributed by atoms with Gasteiger partial charge >= 0.3 is 5.97 Å². The molecule has 0 aliphatic rings. The van der Waals surface area contributed by atoms with Gasteiger partial charge in [0.05, 0.1) is 18.3 Å². The summed E-state index contributed by atoms with van der Waals surface area (Å²) >= 11 is 0. The molecule has 3 heteroatoms. The smallest absolute Gasteiger partial charge is 0.338 e. The van der Waals surface area contributed by atoms with Crippen LogP contribution in [0.4, 0.5) is 0 Å². The number of carbonyl (C=O) groups excluding carboxylic acids is 1. The molecule has 3 nitrogen and oxygen atoms in total. The lowest BCUT2D eigenvalue weighted by atomic mass is 9.98. The monoisotopic (exact) mass is 290 g/mol. The average Bonchev–Trinajstić information content (AvgIpc) is 2.48. The van der Waals surface area contributed by atoms with E-state index in [4.69, 9.17) is 4.74 Å². The van der Waals surface area contributed by atoms with E-state index in [1.54, 1.807) is 19.1 Å². The molecule has 0 amide bonds. The molecular formula is C18H26O3. The van der Waals surface area contributed by atoms with Crippen LogP contribution in [0.5, 0.6) is 0 Å². The van der Waals surface area contributed by atoms with E-state index >= 15 is 0 Å². The molecule has 2 atom stereocenters. The van der Waals surface area contributed by atoms with Gasteiger partial charge in [-0.2, -0.15) is 0 Å². The molecule has 0 unspecified atom stereocenters. The van der Waals surface area contributed by atoms with Crippen molar-refractivity contribution in [2.45, 2.75) is 45.6 Å². The molecule has 1 N–H and O–H groups in total. The second-order valence-electron chi connectivity index (χ2n) is 5.41. The van der Waals surface area contributed by atoms with E-state index in [1.165, 1.54) is 5.56 Å². The lowest BCUT2D eigenvalue weighted by Gasteiger charge is -2.13. The Morgan fingerprint density at radius 3 is 2.62 bits per heavy atom. The van der Waals surface area contributed by atoms with Crippen LogP contribution in [0.2, 0.25) is 0 Å². The molecule has 0 saturated carbocycles. The first-order chi connectivity index (χ1) is 10.1. The van der Waals surface area contributed by atoms with Gasteiger partial charge in [-0.15, -0.1) is 6.58 Å². The van der Waals surface area contributed by atoms with E-state index in [-0.39, 0.29) is 12.1 Å². The molecule has 0 aromatic heterocycles. The largest absolute Gasteiger partial charge is 0.462 e. The second kappa shape index (κ2) is 9.35. The standard InChI is InChI=1S/C18H26O3/c1-4-14(3)13-17(19)8-6-7-15-9-11-16(12-10-15)18(20)21-5-2/h4,9-12,14,17,19H,1,5-8,13H2,2-3H3/t14-,17+/m0/s1. The maximum atomic E-state index is 11.5. The second-order valence-corrected chi connectivity index (χ2v) is 5.41. The zero-order valence-electron chi connectivity index (χ0n) is 13.0. The first kappa shape index (κ1) is 17.4. The fraction of sp³-hybridized carbons (Fsp3) is 0.500. The van der Waals surface area contributed by atoms with Crippen LogP contribution in [0.3, 0.4) is 0 Å². The first-order valence-corrected chi connectivity index (χ1v) is 7.63. The van der Waals surface area contributed by atoms with Crippen molar-refractivity contribution in [1.29, 1.82) is 0 Å². The lowest BCUT2D eigenvalue weighted by molar-refractivity contribution is 0.0526. The molecule has 0 spiro atoms. The summed E-state index contributed by atoms with van der Waals surface area (Å²) in [6.45, 7) is 7.97. The van der Waals surface area contributed by atoms with Gasteiger partial charge < -0.3 is 9.84 Å². The van der Waals surface area contributed by atoms with Crippen molar-refractivity contribution < 1.29 is 14.6 Å². The molecule has 0 fully saturated rings. The van der Waals surface area contributed by atoms with E-state index in [0.717, 1.165) is 25.7 Å². The summed E-state index contributed by atoms with van der Waals surface area (Å²) < 4.78 is 4.95. The molecule has 1 aromatic carbocycles. The highest BCUT2D eigenvalue weighted by Gasteiger charge is 2.08. The third-order valence-corrected chi connectivity index (χ3v) is 3.51. The van der Waals surface area contributed by atoms with E-state index in [9.17, 15) is 9.90 Å². The van der Waals surface area contributed by atoms with Gasteiger partial charge in [0, 0.05) is 0 Å². The predicted octanol–water partition coefficient (Wildman–Crippen LogP) is 3.76. The number of hydrogen-bond donors (Lipinski definition) is 1. The molecule has 0 aliphatic carbocycles. The summed E-state index contributed by atoms with van der Waals surface area (Å²) in [6, 6.07) is 7.49. The molecular weight excluding hydrogens is 264 g/mol. The summed E-state index contributed by atoms with van der Waals surface area (Å²) in [7, 11) is 0. The molecule has 0 radical (unpaired) electrons. The van der Waals surface area contributed by atoms with Crippen LogP contribution < -0.4 is 0 Å². The molecule has 116 valence electrons. The van der Waals surface area contributed by atoms with Gasteiger partial charge in [0.25, 0.3) is 0 Å². The zero-order valence-corrected chi connectivity index (χ0v) is 13.0. The number of allylic oxidation sites excluding steroid dienone is 1. The van der Waals surface area contributed by atoms with Crippen LogP contribution in [0.15, 0.2) is 36.9 Å². The van der Waals surface area contributed by atoms with Crippen LogP contribution in [0.25, 0.3) is 0 Å². The summed E-state index contributed by atoms with van der Waals surface area (Å²) in [4.78, 5) is 11.5. The predicted molar refractivity (Wildman–Crippen MR) is 85.3 cm³/mol. The number of aryl methyl sites for hydroxylation is 1. The Labute approximate surface area is 127 Å². The van der Waals surface area contributed by atoms with Gasteiger partial charge in [-0.05, 0) is 56.2 Å². The number of carbonyl (C=O) groups is 1. The van der Waals surface area contributed by atoms with Crippen LogP contribution in [-0.2, 0) is 11.2 Å². The third kappa shape index (κ3) is 6.58. The van der Waals surface area contributed by atoms with Gasteiger partial charge in [0.2, 0.25) is 0 Å². The number of esters is 1. The van der Waals surface area contributed by atoms with E-state index in [2.05, 4.69) is 13.5 Å². The third-order valence-electron chi connectivity index (χ3n) is 3.51. The fourth-order valence-corrected chi connectivity index (χ4v) is 2.21. The topological polar surface area (TPSA) is 46.5 Å². The Hall–Kier alpha value is -1.61. The Morgan fingerprint density at radius 2 is 2.05 bits per heavy atom. The van der Waals surface area contributed by atoms with Crippen LogP contribution in [0, 0.1) is 5.92 Å². The Balaban J connectivity index is 2.36. The number of hydrogen-bond acceptors (Lipinski definition) is 3. The van der Waals surface area contributed by atoms with Crippen molar-refractivity contribution in [2.24, 2.45) is 5.92 Å². The van der Waals surface area contributed by atoms with E-state index in [1.807, 2.05) is 18.2 Å². The summed E-state index contributed by atoms with van der Waals surface area (Å²) in [6.07, 6.45) is 5.00. The normalized spacial score (nSPS) is 13.5. The summed E-state index contributed by atoms with van der Waals surface area (Å²) in [5.41, 5.74) is 1.76. The maximum absolute atomic E-state index is 11.5. The molecule has 0 saturated heterocycles. The number of benzene rings is 1. The Kier molecular flexibility index (Phi) is 7.76. The molecule has 1 rings (SSSR count). The van der Waals surface area contributed by atoms with Crippen molar-refractivity contribution in [2.75, 3.05) is 6.61 Å². The minimum absolute atomic E-state index is 0.267. The van der Waals surface area contributed by atoms with Crippen molar-refractivity contribution in [1.82, 2.24) is 0 Å². The van der Waals surface area contributed by atoms with Crippen molar-refractivity contribution in [3.05, 3.63) is 48.0 Å². The van der Waals surface area contributed by atoms with E-state index < -0.39 is 0 Å². The SMILES string of the molecule is C=C[C@H](C)C[C@H](O)CCCc1ccc(C(=O)OCC)cc1. The van der Waals surface area contributed by atoms with E-state index in [0.29, 0.717) is 18.1 Å². The van der Waals surface area contributed by atoms with Gasteiger partial charge in [-0.3, -0.25) is 0 Å². The molecule has 1 aromatic rings. The van der Waals surface area contributed by atoms with Crippen LogP contribution >= 0.6 is 0 Å². The van der Waals surface area contributed by atoms with Gasteiger partial charge in [0.1, 0.15) is 0 Å². The summed E-state index contributed by atoms with van der Waals surface area (Å²) in [5, 5.41) is 9.90. The van der Waals surface area contributed by atoms with Gasteiger partial charge in [0.15, 0.2) is 0 Å². The van der Waals surface area contributed by atoms with Crippen molar-refractivity contribution >= 4 is 5.97 Å². The van der Waals surface area contributed by atoms with Crippen molar-refractivity contribution in [3.8, 4) is 0 Å². The minimum atomic E-state index is -0.280. The highest BCUT2D eigenvalue weighted by Crippen LogP contribution is 2.14. The first-order valence-electron chi connectivity index (χ1n) is 7.63.